The highest BCUT2D eigenvalue weighted by atomic mass is 19.1. The first kappa shape index (κ1) is 14.0. The van der Waals surface area contributed by atoms with Crippen LogP contribution in [0.4, 0.5) is 4.39 Å². The van der Waals surface area contributed by atoms with E-state index in [0.29, 0.717) is 5.56 Å². The molecular weight excluding hydrogens is 245 g/mol. The summed E-state index contributed by atoms with van der Waals surface area (Å²) in [6.45, 7) is 2.18. The summed E-state index contributed by atoms with van der Waals surface area (Å²) in [5, 5.41) is 18.1. The van der Waals surface area contributed by atoms with Gasteiger partial charge < -0.3 is 10.2 Å². The topological polar surface area (TPSA) is 43.7 Å². The first-order valence-corrected chi connectivity index (χ1v) is 6.47. The van der Waals surface area contributed by atoms with Gasteiger partial charge in [-0.05, 0) is 30.5 Å². The van der Waals surface area contributed by atoms with Crippen LogP contribution in [0.5, 0.6) is 0 Å². The van der Waals surface area contributed by atoms with Gasteiger partial charge in [-0.1, -0.05) is 17.9 Å². The number of hydrogen-bond acceptors (Lipinski definition) is 3. The van der Waals surface area contributed by atoms with Gasteiger partial charge >= 0.3 is 0 Å². The molecule has 0 aromatic heterocycles. The summed E-state index contributed by atoms with van der Waals surface area (Å²) in [5.41, 5.74) is 1.32. The molecule has 0 radical (unpaired) electrons. The highest BCUT2D eigenvalue weighted by molar-refractivity contribution is 5.38. The Balaban J connectivity index is 2.04. The van der Waals surface area contributed by atoms with Crippen LogP contribution in [-0.2, 0) is 6.54 Å². The molecule has 0 spiro atoms. The molecule has 1 aliphatic heterocycles. The van der Waals surface area contributed by atoms with Crippen molar-refractivity contribution in [2.45, 2.75) is 25.5 Å². The fourth-order valence-electron chi connectivity index (χ4n) is 2.24. The van der Waals surface area contributed by atoms with Gasteiger partial charge in [0.2, 0.25) is 0 Å². The highest BCUT2D eigenvalue weighted by Gasteiger charge is 2.17. The third-order valence-electron chi connectivity index (χ3n) is 3.30. The average Bonchev–Trinajstić information content (AvgIpc) is 2.42. The SMILES string of the molecule is OCC#Cc1cc(CN2CCC(O)CC2)ccc1F. The van der Waals surface area contributed by atoms with E-state index in [1.165, 1.54) is 6.07 Å². The number of piperidine rings is 1. The lowest BCUT2D eigenvalue weighted by Crippen LogP contribution is -2.35. The van der Waals surface area contributed by atoms with E-state index >= 15 is 0 Å². The molecule has 4 heteroatoms. The van der Waals surface area contributed by atoms with Crippen LogP contribution in [-0.4, -0.2) is 40.9 Å². The van der Waals surface area contributed by atoms with Crippen LogP contribution in [0.15, 0.2) is 18.2 Å². The first-order valence-electron chi connectivity index (χ1n) is 6.47. The summed E-state index contributed by atoms with van der Waals surface area (Å²) in [6.07, 6.45) is 1.40. The predicted octanol–water partition coefficient (Wildman–Crippen LogP) is 1.13. The van der Waals surface area contributed by atoms with Crippen LogP contribution in [0, 0.1) is 17.7 Å². The van der Waals surface area contributed by atoms with Gasteiger partial charge in [0.1, 0.15) is 12.4 Å². The Labute approximate surface area is 112 Å². The third-order valence-corrected chi connectivity index (χ3v) is 3.30. The average molecular weight is 263 g/mol. The number of likely N-dealkylation sites (tertiary alicyclic amines) is 1. The molecule has 1 aliphatic rings. The van der Waals surface area contributed by atoms with E-state index in [1.807, 2.05) is 0 Å². The Morgan fingerprint density at radius 2 is 2.05 bits per heavy atom. The van der Waals surface area contributed by atoms with Crippen molar-refractivity contribution in [2.24, 2.45) is 0 Å². The standard InChI is InChI=1S/C15H18FNO2/c16-15-4-3-12(10-13(15)2-1-9-18)11-17-7-5-14(19)6-8-17/h3-4,10,14,18-19H,5-9,11H2. The summed E-state index contributed by atoms with van der Waals surface area (Å²) in [5.74, 6) is 4.71. The van der Waals surface area contributed by atoms with Gasteiger partial charge in [0, 0.05) is 19.6 Å². The van der Waals surface area contributed by atoms with Crippen molar-refractivity contribution in [3.63, 3.8) is 0 Å². The maximum Gasteiger partial charge on any atom is 0.138 e. The molecule has 0 aliphatic carbocycles. The second-order valence-corrected chi connectivity index (χ2v) is 4.78. The van der Waals surface area contributed by atoms with E-state index in [0.717, 1.165) is 38.0 Å². The maximum absolute atomic E-state index is 13.5. The smallest absolute Gasteiger partial charge is 0.138 e. The Morgan fingerprint density at radius 3 is 2.74 bits per heavy atom. The van der Waals surface area contributed by atoms with E-state index < -0.39 is 0 Å². The molecular formula is C15H18FNO2. The fourth-order valence-corrected chi connectivity index (χ4v) is 2.24. The summed E-state index contributed by atoms with van der Waals surface area (Å²) >= 11 is 0. The number of benzene rings is 1. The molecule has 0 amide bonds. The molecule has 3 nitrogen and oxygen atoms in total. The molecule has 0 unspecified atom stereocenters. The van der Waals surface area contributed by atoms with Crippen LogP contribution in [0.25, 0.3) is 0 Å². The molecule has 1 aromatic rings. The largest absolute Gasteiger partial charge is 0.393 e. The van der Waals surface area contributed by atoms with Crippen molar-refractivity contribution in [3.05, 3.63) is 35.1 Å². The van der Waals surface area contributed by atoms with Gasteiger partial charge in [-0.3, -0.25) is 4.90 Å². The van der Waals surface area contributed by atoms with Crippen LogP contribution in [0.2, 0.25) is 0 Å². The van der Waals surface area contributed by atoms with Gasteiger partial charge in [0.15, 0.2) is 0 Å². The van der Waals surface area contributed by atoms with Crippen molar-refractivity contribution in [1.29, 1.82) is 0 Å². The molecule has 1 heterocycles. The number of hydrogen-bond donors (Lipinski definition) is 2. The number of rotatable bonds is 2. The van der Waals surface area contributed by atoms with Crippen LogP contribution in [0.1, 0.15) is 24.0 Å². The Bertz CT molecular complexity index is 485. The van der Waals surface area contributed by atoms with Crippen molar-refractivity contribution >= 4 is 0 Å². The molecule has 0 atom stereocenters. The van der Waals surface area contributed by atoms with Crippen molar-refractivity contribution in [3.8, 4) is 11.8 Å². The van der Waals surface area contributed by atoms with Crippen LogP contribution >= 0.6 is 0 Å². The highest BCUT2D eigenvalue weighted by Crippen LogP contribution is 2.16. The predicted molar refractivity (Wildman–Crippen MR) is 70.9 cm³/mol. The fraction of sp³-hybridized carbons (Fsp3) is 0.467. The lowest BCUT2D eigenvalue weighted by Gasteiger charge is -2.29. The van der Waals surface area contributed by atoms with Crippen molar-refractivity contribution in [1.82, 2.24) is 4.90 Å². The van der Waals surface area contributed by atoms with Gasteiger partial charge in [-0.2, -0.15) is 0 Å². The third kappa shape index (κ3) is 4.03. The summed E-state index contributed by atoms with van der Waals surface area (Å²) in [6, 6.07) is 4.89. The van der Waals surface area contributed by atoms with Gasteiger partial charge in [-0.25, -0.2) is 4.39 Å². The van der Waals surface area contributed by atoms with Gasteiger partial charge in [0.25, 0.3) is 0 Å². The number of halogens is 1. The zero-order valence-electron chi connectivity index (χ0n) is 10.8. The summed E-state index contributed by atoms with van der Waals surface area (Å²) < 4.78 is 13.5. The lowest BCUT2D eigenvalue weighted by atomic mass is 10.1. The molecule has 0 saturated carbocycles. The molecule has 1 saturated heterocycles. The normalized spacial score (nSPS) is 17.0. The molecule has 0 bridgehead atoms. The van der Waals surface area contributed by atoms with E-state index in [9.17, 15) is 9.50 Å². The van der Waals surface area contributed by atoms with E-state index in [2.05, 4.69) is 16.7 Å². The monoisotopic (exact) mass is 263 g/mol. The van der Waals surface area contributed by atoms with Gasteiger partial charge in [0.05, 0.1) is 11.7 Å². The minimum Gasteiger partial charge on any atom is -0.393 e. The molecule has 1 aromatic carbocycles. The number of aliphatic hydroxyl groups is 2. The van der Waals surface area contributed by atoms with Crippen molar-refractivity contribution in [2.75, 3.05) is 19.7 Å². The number of aliphatic hydroxyl groups excluding tert-OH is 2. The molecule has 102 valence electrons. The summed E-state index contributed by atoms with van der Waals surface area (Å²) in [4.78, 5) is 2.24. The molecule has 2 rings (SSSR count). The van der Waals surface area contributed by atoms with E-state index in [4.69, 9.17) is 5.11 Å². The number of nitrogens with zero attached hydrogens (tertiary/aromatic N) is 1. The molecule has 2 N–H and O–H groups in total. The zero-order chi connectivity index (χ0) is 13.7. The minimum absolute atomic E-state index is 0.185. The second-order valence-electron chi connectivity index (χ2n) is 4.78. The first-order chi connectivity index (χ1) is 9.19. The van der Waals surface area contributed by atoms with Gasteiger partial charge in [-0.15, -0.1) is 0 Å². The second kappa shape index (κ2) is 6.67. The van der Waals surface area contributed by atoms with Crippen LogP contribution in [0.3, 0.4) is 0 Å². The molecule has 1 fully saturated rings. The Morgan fingerprint density at radius 1 is 1.32 bits per heavy atom. The minimum atomic E-state index is -0.362. The quantitative estimate of drug-likeness (QED) is 0.786. The lowest BCUT2D eigenvalue weighted by molar-refractivity contribution is 0.0792. The summed E-state index contributed by atoms with van der Waals surface area (Å²) in [7, 11) is 0. The Kier molecular flexibility index (Phi) is 4.92. The van der Waals surface area contributed by atoms with E-state index in [1.54, 1.807) is 12.1 Å². The maximum atomic E-state index is 13.5. The molecule has 19 heavy (non-hydrogen) atoms. The zero-order valence-corrected chi connectivity index (χ0v) is 10.8. The van der Waals surface area contributed by atoms with E-state index in [-0.39, 0.29) is 18.5 Å². The van der Waals surface area contributed by atoms with Crippen LogP contribution < -0.4 is 0 Å². The Hall–Kier alpha value is -1.41. The van der Waals surface area contributed by atoms with Crippen molar-refractivity contribution < 1.29 is 14.6 Å².